The topological polar surface area (TPSA) is 24.4 Å². The first-order valence-electron chi connectivity index (χ1n) is 10.5. The molecule has 0 saturated heterocycles. The minimum Gasteiger partial charge on any atom is -0.371 e. The van der Waals surface area contributed by atoms with Gasteiger partial charge in [0.2, 0.25) is 0 Å². The molecule has 1 heterocycles. The highest BCUT2D eigenvalue weighted by Crippen LogP contribution is 2.48. The molecule has 1 rings (SSSR count). The van der Waals surface area contributed by atoms with E-state index >= 15 is 0 Å². The second-order valence-electron chi connectivity index (χ2n) is 9.85. The highest BCUT2D eigenvalue weighted by molar-refractivity contribution is 5.84. The number of nitrogens with zero attached hydrogens (tertiary/aromatic N) is 1. The van der Waals surface area contributed by atoms with Gasteiger partial charge in [0.15, 0.2) is 0 Å². The van der Waals surface area contributed by atoms with Gasteiger partial charge in [0.1, 0.15) is 0 Å². The van der Waals surface area contributed by atoms with Crippen molar-refractivity contribution in [3.8, 4) is 0 Å². The Morgan fingerprint density at radius 2 is 1.25 bits per heavy atom. The summed E-state index contributed by atoms with van der Waals surface area (Å²) in [4.78, 5) is 5.24. The maximum atomic E-state index is 5.24. The van der Waals surface area contributed by atoms with Crippen molar-refractivity contribution in [3.63, 3.8) is 0 Å². The highest BCUT2D eigenvalue weighted by atomic mass is 15.2. The van der Waals surface area contributed by atoms with Crippen LogP contribution in [0.25, 0.3) is 0 Å². The molecule has 24 heavy (non-hydrogen) atoms. The van der Waals surface area contributed by atoms with E-state index in [1.807, 2.05) is 0 Å². The number of aliphatic imine (C=N–C) groups is 1. The zero-order valence-corrected chi connectivity index (χ0v) is 17.7. The molecule has 0 amide bonds. The lowest BCUT2D eigenvalue weighted by Crippen LogP contribution is -2.54. The average Bonchev–Trinajstić information content (AvgIpc) is 2.90. The third-order valence-electron chi connectivity index (χ3n) is 5.87. The van der Waals surface area contributed by atoms with Crippen LogP contribution in [0, 0.1) is 10.8 Å². The van der Waals surface area contributed by atoms with E-state index in [4.69, 9.17) is 4.99 Å². The maximum Gasteiger partial charge on any atom is 0.0972 e. The molecule has 1 N–H and O–H groups in total. The van der Waals surface area contributed by atoms with E-state index in [1.165, 1.54) is 63.6 Å². The zero-order valence-electron chi connectivity index (χ0n) is 17.7. The van der Waals surface area contributed by atoms with Crippen LogP contribution in [-0.2, 0) is 0 Å². The van der Waals surface area contributed by atoms with Gasteiger partial charge in [-0.2, -0.15) is 0 Å². The van der Waals surface area contributed by atoms with Crippen LogP contribution in [-0.4, -0.2) is 17.9 Å². The van der Waals surface area contributed by atoms with Crippen LogP contribution < -0.4 is 5.32 Å². The molecule has 2 nitrogen and oxygen atoms in total. The summed E-state index contributed by atoms with van der Waals surface area (Å²) >= 11 is 0. The van der Waals surface area contributed by atoms with Gasteiger partial charge in [-0.25, -0.2) is 0 Å². The minimum absolute atomic E-state index is 0.00854. The fourth-order valence-electron chi connectivity index (χ4n) is 4.28. The molecule has 1 aliphatic heterocycles. The standard InChI is InChI=1S/C22H44N2/c1-8-9-10-11-12-13-14-15-16-17-19-23-18-22(24-19,20(2,3)4)21(5,6)7/h8-18H2,1-7H3,(H,23,24). The SMILES string of the molecule is CCCCCCCCCCCC1=NC(C(C)(C)C)(C(C)(C)C)CN1. The average molecular weight is 337 g/mol. The van der Waals surface area contributed by atoms with Crippen molar-refractivity contribution in [1.29, 1.82) is 0 Å². The Balaban J connectivity index is 2.34. The molecule has 0 aromatic carbocycles. The van der Waals surface area contributed by atoms with Gasteiger partial charge in [-0.15, -0.1) is 0 Å². The predicted octanol–water partition coefficient (Wildman–Crippen LogP) is 6.74. The summed E-state index contributed by atoms with van der Waals surface area (Å²) in [5.74, 6) is 1.25. The summed E-state index contributed by atoms with van der Waals surface area (Å²) < 4.78 is 0. The van der Waals surface area contributed by atoms with Gasteiger partial charge in [-0.1, -0.05) is 99.8 Å². The predicted molar refractivity (Wildman–Crippen MR) is 109 cm³/mol. The van der Waals surface area contributed by atoms with Crippen molar-refractivity contribution in [2.75, 3.05) is 6.54 Å². The van der Waals surface area contributed by atoms with E-state index in [-0.39, 0.29) is 16.4 Å². The molecule has 0 aromatic heterocycles. The van der Waals surface area contributed by atoms with E-state index in [1.54, 1.807) is 0 Å². The van der Waals surface area contributed by atoms with Crippen molar-refractivity contribution in [3.05, 3.63) is 0 Å². The van der Waals surface area contributed by atoms with Gasteiger partial charge in [-0.3, -0.25) is 4.99 Å². The van der Waals surface area contributed by atoms with Crippen LogP contribution in [0.15, 0.2) is 4.99 Å². The first kappa shape index (κ1) is 21.5. The molecule has 0 aromatic rings. The van der Waals surface area contributed by atoms with E-state index in [0.29, 0.717) is 0 Å². The fraction of sp³-hybridized carbons (Fsp3) is 0.955. The maximum absolute atomic E-state index is 5.24. The molecule has 0 bridgehead atoms. The summed E-state index contributed by atoms with van der Waals surface area (Å²) in [5.41, 5.74) is 0.367. The van der Waals surface area contributed by atoms with Crippen molar-refractivity contribution in [2.24, 2.45) is 15.8 Å². The number of nitrogens with one attached hydrogen (secondary N) is 1. The first-order chi connectivity index (χ1) is 11.1. The van der Waals surface area contributed by atoms with Crippen LogP contribution >= 0.6 is 0 Å². The zero-order chi connectivity index (χ0) is 18.3. The van der Waals surface area contributed by atoms with Crippen LogP contribution in [0.2, 0.25) is 0 Å². The Hall–Kier alpha value is -0.530. The molecule has 0 saturated carbocycles. The summed E-state index contributed by atoms with van der Waals surface area (Å²) in [5, 5.41) is 3.64. The smallest absolute Gasteiger partial charge is 0.0972 e. The molecule has 0 unspecified atom stereocenters. The normalized spacial score (nSPS) is 17.7. The molecule has 0 radical (unpaired) electrons. The molecule has 142 valence electrons. The second kappa shape index (κ2) is 9.25. The summed E-state index contributed by atoms with van der Waals surface area (Å²) in [6.07, 6.45) is 13.6. The van der Waals surface area contributed by atoms with Gasteiger partial charge in [0.25, 0.3) is 0 Å². The summed E-state index contributed by atoms with van der Waals surface area (Å²) in [6.45, 7) is 17.3. The Labute approximate surface area is 152 Å². The van der Waals surface area contributed by atoms with Crippen molar-refractivity contribution < 1.29 is 0 Å². The highest BCUT2D eigenvalue weighted by Gasteiger charge is 2.52. The number of hydrogen-bond donors (Lipinski definition) is 1. The van der Waals surface area contributed by atoms with E-state index < -0.39 is 0 Å². The van der Waals surface area contributed by atoms with Crippen molar-refractivity contribution in [2.45, 2.75) is 118 Å². The van der Waals surface area contributed by atoms with Gasteiger partial charge in [-0.05, 0) is 17.3 Å². The molecule has 0 atom stereocenters. The van der Waals surface area contributed by atoms with Crippen LogP contribution in [0.1, 0.15) is 113 Å². The third-order valence-corrected chi connectivity index (χ3v) is 5.87. The largest absolute Gasteiger partial charge is 0.371 e. The molecular formula is C22H44N2. The Morgan fingerprint density at radius 1 is 0.792 bits per heavy atom. The van der Waals surface area contributed by atoms with Gasteiger partial charge < -0.3 is 5.32 Å². The lowest BCUT2D eigenvalue weighted by Gasteiger charge is -2.48. The molecule has 2 heteroatoms. The van der Waals surface area contributed by atoms with Crippen LogP contribution in [0.4, 0.5) is 0 Å². The van der Waals surface area contributed by atoms with Gasteiger partial charge in [0.05, 0.1) is 11.4 Å². The quantitative estimate of drug-likeness (QED) is 0.439. The van der Waals surface area contributed by atoms with Crippen LogP contribution in [0.3, 0.4) is 0 Å². The number of amidine groups is 1. The molecule has 1 aliphatic rings. The van der Waals surface area contributed by atoms with Crippen molar-refractivity contribution >= 4 is 5.84 Å². The Kier molecular flexibility index (Phi) is 8.29. The van der Waals surface area contributed by atoms with Gasteiger partial charge >= 0.3 is 0 Å². The van der Waals surface area contributed by atoms with E-state index in [0.717, 1.165) is 13.0 Å². The first-order valence-corrected chi connectivity index (χ1v) is 10.5. The van der Waals surface area contributed by atoms with Crippen molar-refractivity contribution in [1.82, 2.24) is 5.32 Å². The Bertz CT molecular complexity index is 368. The molecule has 0 aliphatic carbocycles. The summed E-state index contributed by atoms with van der Waals surface area (Å²) in [6, 6.07) is 0. The van der Waals surface area contributed by atoms with E-state index in [9.17, 15) is 0 Å². The van der Waals surface area contributed by atoms with Crippen LogP contribution in [0.5, 0.6) is 0 Å². The lowest BCUT2D eigenvalue weighted by atomic mass is 9.60. The van der Waals surface area contributed by atoms with Gasteiger partial charge in [0, 0.05) is 13.0 Å². The number of rotatable bonds is 10. The molecule has 0 spiro atoms. The Morgan fingerprint density at radius 3 is 1.67 bits per heavy atom. The third kappa shape index (κ3) is 5.77. The lowest BCUT2D eigenvalue weighted by molar-refractivity contribution is 0.0748. The second-order valence-corrected chi connectivity index (χ2v) is 9.85. The minimum atomic E-state index is 0.00854. The number of hydrogen-bond acceptors (Lipinski definition) is 2. The molecule has 0 fully saturated rings. The summed E-state index contributed by atoms with van der Waals surface area (Å²) in [7, 11) is 0. The van der Waals surface area contributed by atoms with E-state index in [2.05, 4.69) is 53.8 Å². The monoisotopic (exact) mass is 336 g/mol. The molecular weight excluding hydrogens is 292 g/mol. The fourth-order valence-corrected chi connectivity index (χ4v) is 4.28. The number of unbranched alkanes of at least 4 members (excludes halogenated alkanes) is 8.